The van der Waals surface area contributed by atoms with Crippen molar-refractivity contribution in [2.45, 2.75) is 13.8 Å². The van der Waals surface area contributed by atoms with Gasteiger partial charge in [-0.1, -0.05) is 43.0 Å². The van der Waals surface area contributed by atoms with Gasteiger partial charge in [-0.25, -0.2) is 4.79 Å². The van der Waals surface area contributed by atoms with E-state index in [2.05, 4.69) is 6.58 Å². The number of esters is 1. The normalized spacial score (nSPS) is 12.5. The molecule has 0 aromatic heterocycles. The number of rotatable bonds is 11. The Morgan fingerprint density at radius 2 is 1.71 bits per heavy atom. The van der Waals surface area contributed by atoms with Crippen LogP contribution in [-0.2, 0) is 23.1 Å². The first-order valence-corrected chi connectivity index (χ1v) is 8.46. The molecular weight excluding hydrogens is 291 g/mol. The summed E-state index contributed by atoms with van der Waals surface area (Å²) in [5.41, 5.74) is 0. The number of ether oxygens (including phenoxy) is 1. The van der Waals surface area contributed by atoms with Gasteiger partial charge in [0.2, 0.25) is 0 Å². The Labute approximate surface area is 126 Å². The van der Waals surface area contributed by atoms with E-state index in [0.717, 1.165) is 0 Å². The maximum atomic E-state index is 12.1. The van der Waals surface area contributed by atoms with Crippen LogP contribution in [0.5, 0.6) is 0 Å². The van der Waals surface area contributed by atoms with E-state index >= 15 is 0 Å². The molecule has 0 spiro atoms. The molecule has 0 atom stereocenters. The SMILES string of the molecule is C=CCOC(=O)/C=C/C=C/C=C/CP(=O)(OCC)OCC. The standard InChI is InChI=1S/C15H23O5P/c1-4-13-18-15(16)12-10-8-7-9-11-14-21(17,19-5-2)20-6-3/h4,7-12H,1,5-6,13-14H2,2-3H3/b8-7+,11-9+,12-10+. The second kappa shape index (κ2) is 12.3. The molecule has 0 unspecified atom stereocenters. The lowest BCUT2D eigenvalue weighted by Gasteiger charge is -2.14. The van der Waals surface area contributed by atoms with Crippen LogP contribution in [0.2, 0.25) is 0 Å². The maximum Gasteiger partial charge on any atom is 0.334 e. The molecule has 118 valence electrons. The molecule has 0 aromatic rings. The molecule has 0 heterocycles. The lowest BCUT2D eigenvalue weighted by molar-refractivity contribution is -0.136. The van der Waals surface area contributed by atoms with Gasteiger partial charge in [-0.3, -0.25) is 4.57 Å². The highest BCUT2D eigenvalue weighted by Crippen LogP contribution is 2.47. The molecule has 21 heavy (non-hydrogen) atoms. The Kier molecular flexibility index (Phi) is 11.5. The fourth-order valence-electron chi connectivity index (χ4n) is 1.26. The summed E-state index contributed by atoms with van der Waals surface area (Å²) in [7, 11) is -3.03. The van der Waals surface area contributed by atoms with Crippen molar-refractivity contribution in [1.29, 1.82) is 0 Å². The Morgan fingerprint density at radius 3 is 2.29 bits per heavy atom. The molecule has 5 nitrogen and oxygen atoms in total. The van der Waals surface area contributed by atoms with E-state index in [4.69, 9.17) is 13.8 Å². The Bertz CT molecular complexity index is 427. The third kappa shape index (κ3) is 11.0. The first-order chi connectivity index (χ1) is 10.1. The van der Waals surface area contributed by atoms with Crippen LogP contribution in [0.1, 0.15) is 13.8 Å². The average molecular weight is 314 g/mol. The first-order valence-electron chi connectivity index (χ1n) is 6.73. The monoisotopic (exact) mass is 314 g/mol. The summed E-state index contributed by atoms with van der Waals surface area (Å²) in [5, 5.41) is 0. The number of carbonyl (C=O) groups excluding carboxylic acids is 1. The topological polar surface area (TPSA) is 61.8 Å². The van der Waals surface area contributed by atoms with Gasteiger partial charge in [0.05, 0.1) is 19.4 Å². The summed E-state index contributed by atoms with van der Waals surface area (Å²) in [5.74, 6) is -0.430. The molecule has 0 aliphatic rings. The van der Waals surface area contributed by atoms with Crippen molar-refractivity contribution in [3.63, 3.8) is 0 Å². The van der Waals surface area contributed by atoms with E-state index in [1.54, 1.807) is 44.2 Å². The Balaban J connectivity index is 4.16. The highest BCUT2D eigenvalue weighted by atomic mass is 31.2. The van der Waals surface area contributed by atoms with E-state index in [9.17, 15) is 9.36 Å². The molecule has 0 aromatic carbocycles. The zero-order valence-corrected chi connectivity index (χ0v) is 13.5. The van der Waals surface area contributed by atoms with Gasteiger partial charge in [-0.2, -0.15) is 0 Å². The molecule has 0 bridgehead atoms. The molecule has 0 N–H and O–H groups in total. The second-order valence-corrected chi connectivity index (χ2v) is 5.82. The summed E-state index contributed by atoms with van der Waals surface area (Å²) in [4.78, 5) is 11.1. The van der Waals surface area contributed by atoms with E-state index < -0.39 is 13.6 Å². The van der Waals surface area contributed by atoms with Crippen LogP contribution in [0, 0.1) is 0 Å². The van der Waals surface area contributed by atoms with Gasteiger partial charge in [0.25, 0.3) is 0 Å². The molecule has 0 aliphatic heterocycles. The third-order valence-electron chi connectivity index (χ3n) is 2.03. The smallest absolute Gasteiger partial charge is 0.334 e. The Morgan fingerprint density at radius 1 is 1.10 bits per heavy atom. The van der Waals surface area contributed by atoms with Crippen molar-refractivity contribution < 1.29 is 23.1 Å². The zero-order valence-electron chi connectivity index (χ0n) is 12.6. The van der Waals surface area contributed by atoms with Gasteiger partial charge in [0.1, 0.15) is 6.61 Å². The number of hydrogen-bond donors (Lipinski definition) is 0. The number of allylic oxidation sites excluding steroid dienone is 5. The van der Waals surface area contributed by atoms with Crippen LogP contribution in [0.4, 0.5) is 0 Å². The predicted octanol–water partition coefficient (Wildman–Crippen LogP) is 3.65. The highest BCUT2D eigenvalue weighted by molar-refractivity contribution is 7.54. The molecule has 0 amide bonds. The summed E-state index contributed by atoms with van der Waals surface area (Å²) in [6, 6.07) is 0. The van der Waals surface area contributed by atoms with Crippen molar-refractivity contribution in [3.05, 3.63) is 49.1 Å². The van der Waals surface area contributed by atoms with Crippen molar-refractivity contribution in [3.8, 4) is 0 Å². The van der Waals surface area contributed by atoms with E-state index in [-0.39, 0.29) is 12.8 Å². The molecule has 0 radical (unpaired) electrons. The summed E-state index contributed by atoms with van der Waals surface area (Å²) in [6.45, 7) is 7.86. The molecule has 0 aliphatic carbocycles. The number of carbonyl (C=O) groups is 1. The molecule has 0 rings (SSSR count). The predicted molar refractivity (Wildman–Crippen MR) is 84.3 cm³/mol. The molecule has 0 saturated carbocycles. The average Bonchev–Trinajstić information content (AvgIpc) is 2.44. The van der Waals surface area contributed by atoms with Gasteiger partial charge in [0.15, 0.2) is 0 Å². The van der Waals surface area contributed by atoms with E-state index in [1.165, 1.54) is 12.2 Å². The van der Waals surface area contributed by atoms with Crippen LogP contribution in [0.15, 0.2) is 49.1 Å². The van der Waals surface area contributed by atoms with Gasteiger partial charge in [-0.15, -0.1) is 0 Å². The van der Waals surface area contributed by atoms with Gasteiger partial charge >= 0.3 is 13.6 Å². The minimum Gasteiger partial charge on any atom is -0.458 e. The fraction of sp³-hybridized carbons (Fsp3) is 0.400. The van der Waals surface area contributed by atoms with Crippen LogP contribution < -0.4 is 0 Å². The van der Waals surface area contributed by atoms with Crippen molar-refractivity contribution in [1.82, 2.24) is 0 Å². The highest BCUT2D eigenvalue weighted by Gasteiger charge is 2.20. The minimum atomic E-state index is -3.03. The largest absolute Gasteiger partial charge is 0.458 e. The lowest BCUT2D eigenvalue weighted by atomic mass is 10.4. The third-order valence-corrected chi connectivity index (χ3v) is 3.99. The van der Waals surface area contributed by atoms with Crippen LogP contribution in [0.3, 0.4) is 0 Å². The lowest BCUT2D eigenvalue weighted by Crippen LogP contribution is -1.99. The Hall–Kier alpha value is -1.42. The van der Waals surface area contributed by atoms with Gasteiger partial charge in [0, 0.05) is 6.08 Å². The molecule has 0 fully saturated rings. The van der Waals surface area contributed by atoms with E-state index in [1.807, 2.05) is 0 Å². The summed E-state index contributed by atoms with van der Waals surface area (Å²) in [6.07, 6.45) is 11.4. The maximum absolute atomic E-state index is 12.1. The minimum absolute atomic E-state index is 0.191. The van der Waals surface area contributed by atoms with Gasteiger partial charge in [-0.05, 0) is 13.8 Å². The molecule has 0 saturated heterocycles. The van der Waals surface area contributed by atoms with Crippen LogP contribution >= 0.6 is 7.60 Å². The van der Waals surface area contributed by atoms with Crippen molar-refractivity contribution in [2.24, 2.45) is 0 Å². The quantitative estimate of drug-likeness (QED) is 0.191. The van der Waals surface area contributed by atoms with E-state index in [0.29, 0.717) is 13.2 Å². The fourth-order valence-corrected chi connectivity index (χ4v) is 2.71. The number of hydrogen-bond acceptors (Lipinski definition) is 5. The summed E-state index contributed by atoms with van der Waals surface area (Å²) >= 11 is 0. The van der Waals surface area contributed by atoms with Crippen LogP contribution in [-0.4, -0.2) is 32.0 Å². The molecular formula is C15H23O5P. The van der Waals surface area contributed by atoms with Crippen molar-refractivity contribution >= 4 is 13.6 Å². The summed E-state index contributed by atoms with van der Waals surface area (Å²) < 4.78 is 27.1. The zero-order chi connectivity index (χ0) is 16.0. The first kappa shape index (κ1) is 19.6. The second-order valence-electron chi connectivity index (χ2n) is 3.72. The van der Waals surface area contributed by atoms with Crippen molar-refractivity contribution in [2.75, 3.05) is 26.0 Å². The molecule has 6 heteroatoms. The van der Waals surface area contributed by atoms with Gasteiger partial charge < -0.3 is 13.8 Å². The van der Waals surface area contributed by atoms with Crippen LogP contribution in [0.25, 0.3) is 0 Å².